The summed E-state index contributed by atoms with van der Waals surface area (Å²) in [6.45, 7) is 2.21. The first-order chi connectivity index (χ1) is 15.2. The number of nitrogens with zero attached hydrogens (tertiary/aromatic N) is 2. The summed E-state index contributed by atoms with van der Waals surface area (Å²) >= 11 is 1.47. The Balaban J connectivity index is 1.12. The number of benzene rings is 2. The maximum Gasteiger partial charge on any atom is 0.330 e. The standard InChI is InChI=1S/C24H26N2O4S/c27-24(16-23-17-25-18-31-23)30-26-13-10-19(11-14-26)12-15-28-20-6-8-22(9-7-20)29-21-4-2-1-3-5-21/h1-9,17-19H,10-16H2. The summed E-state index contributed by atoms with van der Waals surface area (Å²) < 4.78 is 11.7. The van der Waals surface area contributed by atoms with Crippen molar-refractivity contribution in [2.24, 2.45) is 5.92 Å². The Bertz CT molecular complexity index is 924. The summed E-state index contributed by atoms with van der Waals surface area (Å²) in [4.78, 5) is 22.4. The molecule has 1 aromatic heterocycles. The molecule has 2 heterocycles. The average Bonchev–Trinajstić information content (AvgIpc) is 3.30. The topological polar surface area (TPSA) is 60.9 Å². The van der Waals surface area contributed by atoms with Gasteiger partial charge in [-0.3, -0.25) is 4.98 Å². The van der Waals surface area contributed by atoms with Crippen LogP contribution in [0.4, 0.5) is 0 Å². The minimum absolute atomic E-state index is 0.217. The van der Waals surface area contributed by atoms with Crippen molar-refractivity contribution in [3.63, 3.8) is 0 Å². The molecule has 1 fully saturated rings. The zero-order valence-electron chi connectivity index (χ0n) is 17.3. The third kappa shape index (κ3) is 6.80. The van der Waals surface area contributed by atoms with Gasteiger partial charge in [-0.05, 0) is 61.6 Å². The van der Waals surface area contributed by atoms with E-state index in [1.165, 1.54) is 11.3 Å². The number of carbonyl (C=O) groups is 1. The number of thiazole rings is 1. The predicted molar refractivity (Wildman–Crippen MR) is 119 cm³/mol. The monoisotopic (exact) mass is 438 g/mol. The van der Waals surface area contributed by atoms with Gasteiger partial charge in [0.05, 0.1) is 18.5 Å². The third-order valence-electron chi connectivity index (χ3n) is 5.20. The lowest BCUT2D eigenvalue weighted by atomic mass is 9.95. The summed E-state index contributed by atoms with van der Waals surface area (Å²) in [5, 5.41) is 1.78. The molecule has 1 saturated heterocycles. The van der Waals surface area contributed by atoms with Gasteiger partial charge >= 0.3 is 5.97 Å². The SMILES string of the molecule is O=C(Cc1cncs1)ON1CCC(CCOc2ccc(Oc3ccccc3)cc2)CC1. The Labute approximate surface area is 186 Å². The molecule has 162 valence electrons. The average molecular weight is 439 g/mol. The first-order valence-corrected chi connectivity index (χ1v) is 11.4. The van der Waals surface area contributed by atoms with Gasteiger partial charge in [0.2, 0.25) is 0 Å². The zero-order chi connectivity index (χ0) is 21.3. The Morgan fingerprint density at radius 2 is 1.71 bits per heavy atom. The molecule has 0 unspecified atom stereocenters. The molecule has 1 aliphatic heterocycles. The van der Waals surface area contributed by atoms with Crippen LogP contribution >= 0.6 is 11.3 Å². The lowest BCUT2D eigenvalue weighted by Gasteiger charge is -2.30. The molecule has 0 N–H and O–H groups in total. The highest BCUT2D eigenvalue weighted by atomic mass is 32.1. The molecule has 0 aliphatic carbocycles. The molecule has 7 heteroatoms. The van der Waals surface area contributed by atoms with E-state index in [9.17, 15) is 4.79 Å². The summed E-state index contributed by atoms with van der Waals surface area (Å²) in [5.41, 5.74) is 1.73. The largest absolute Gasteiger partial charge is 0.494 e. The van der Waals surface area contributed by atoms with Crippen molar-refractivity contribution in [2.45, 2.75) is 25.7 Å². The van der Waals surface area contributed by atoms with Crippen LogP contribution in [0.15, 0.2) is 66.3 Å². The zero-order valence-corrected chi connectivity index (χ0v) is 18.1. The van der Waals surface area contributed by atoms with Crippen molar-refractivity contribution >= 4 is 17.3 Å². The number of piperidine rings is 1. The maximum atomic E-state index is 12.0. The first kappa shape index (κ1) is 21.3. The van der Waals surface area contributed by atoms with E-state index in [2.05, 4.69) is 4.98 Å². The second-order valence-corrected chi connectivity index (χ2v) is 8.47. The number of aromatic nitrogens is 1. The predicted octanol–water partition coefficient (Wildman–Crippen LogP) is 5.12. The number of para-hydroxylation sites is 1. The van der Waals surface area contributed by atoms with Crippen molar-refractivity contribution < 1.29 is 19.1 Å². The maximum absolute atomic E-state index is 12.0. The second kappa shape index (κ2) is 10.9. The Morgan fingerprint density at radius 3 is 2.42 bits per heavy atom. The molecule has 0 bridgehead atoms. The molecule has 0 saturated carbocycles. The lowest BCUT2D eigenvalue weighted by Crippen LogP contribution is -2.36. The van der Waals surface area contributed by atoms with E-state index in [1.807, 2.05) is 54.6 Å². The summed E-state index contributed by atoms with van der Waals surface area (Å²) in [5.74, 6) is 2.81. The Kier molecular flexibility index (Phi) is 7.52. The van der Waals surface area contributed by atoms with Gasteiger partial charge in [-0.25, -0.2) is 4.79 Å². The highest BCUT2D eigenvalue weighted by molar-refractivity contribution is 7.09. The van der Waals surface area contributed by atoms with E-state index >= 15 is 0 Å². The number of hydroxylamine groups is 2. The summed E-state index contributed by atoms with van der Waals surface area (Å²) in [6, 6.07) is 17.4. The molecular formula is C24H26N2O4S. The fourth-order valence-corrected chi connectivity index (χ4v) is 4.09. The van der Waals surface area contributed by atoms with Crippen molar-refractivity contribution in [3.05, 3.63) is 71.2 Å². The van der Waals surface area contributed by atoms with Crippen LogP contribution in [0.2, 0.25) is 0 Å². The van der Waals surface area contributed by atoms with Gasteiger partial charge in [-0.15, -0.1) is 16.4 Å². The number of hydrogen-bond donors (Lipinski definition) is 0. The van der Waals surface area contributed by atoms with E-state index in [0.29, 0.717) is 12.5 Å². The lowest BCUT2D eigenvalue weighted by molar-refractivity contribution is -0.195. The van der Waals surface area contributed by atoms with Gasteiger partial charge in [0.25, 0.3) is 0 Å². The van der Waals surface area contributed by atoms with E-state index < -0.39 is 0 Å². The molecule has 3 aromatic rings. The molecule has 1 aliphatic rings. The third-order valence-corrected chi connectivity index (χ3v) is 5.98. The van der Waals surface area contributed by atoms with Crippen LogP contribution in [0.3, 0.4) is 0 Å². The van der Waals surface area contributed by atoms with Crippen LogP contribution in [0.25, 0.3) is 0 Å². The van der Waals surface area contributed by atoms with E-state index in [0.717, 1.165) is 54.5 Å². The molecule has 31 heavy (non-hydrogen) atoms. The molecule has 0 spiro atoms. The molecule has 2 aromatic carbocycles. The number of carbonyl (C=O) groups excluding carboxylic acids is 1. The Morgan fingerprint density at radius 1 is 1.00 bits per heavy atom. The normalized spacial score (nSPS) is 14.8. The minimum atomic E-state index is -0.217. The summed E-state index contributed by atoms with van der Waals surface area (Å²) in [7, 11) is 0. The number of hydrogen-bond acceptors (Lipinski definition) is 7. The van der Waals surface area contributed by atoms with Gasteiger partial charge in [-0.1, -0.05) is 18.2 Å². The first-order valence-electron chi connectivity index (χ1n) is 10.5. The van der Waals surface area contributed by atoms with Crippen LogP contribution < -0.4 is 9.47 Å². The molecule has 0 radical (unpaired) electrons. The number of ether oxygens (including phenoxy) is 2. The summed E-state index contributed by atoms with van der Waals surface area (Å²) in [6.07, 6.45) is 4.99. The van der Waals surface area contributed by atoms with Gasteiger partial charge in [-0.2, -0.15) is 0 Å². The van der Waals surface area contributed by atoms with Gasteiger partial charge in [0, 0.05) is 24.2 Å². The molecular weight excluding hydrogens is 412 g/mol. The van der Waals surface area contributed by atoms with E-state index in [1.54, 1.807) is 16.8 Å². The molecule has 6 nitrogen and oxygen atoms in total. The second-order valence-electron chi connectivity index (χ2n) is 7.50. The van der Waals surface area contributed by atoms with Crippen LogP contribution in [-0.4, -0.2) is 35.7 Å². The molecule has 0 amide bonds. The van der Waals surface area contributed by atoms with Crippen molar-refractivity contribution in [1.29, 1.82) is 0 Å². The van der Waals surface area contributed by atoms with Gasteiger partial charge < -0.3 is 14.3 Å². The van der Waals surface area contributed by atoms with Crippen LogP contribution in [-0.2, 0) is 16.1 Å². The van der Waals surface area contributed by atoms with Crippen molar-refractivity contribution in [2.75, 3.05) is 19.7 Å². The van der Waals surface area contributed by atoms with Crippen LogP contribution in [0.5, 0.6) is 17.2 Å². The fourth-order valence-electron chi connectivity index (χ4n) is 3.51. The highest BCUT2D eigenvalue weighted by Crippen LogP contribution is 2.25. The van der Waals surface area contributed by atoms with E-state index in [4.69, 9.17) is 14.3 Å². The molecule has 0 atom stereocenters. The fraction of sp³-hybridized carbons (Fsp3) is 0.333. The van der Waals surface area contributed by atoms with Crippen molar-refractivity contribution in [1.82, 2.24) is 10.0 Å². The quantitative estimate of drug-likeness (QED) is 0.462. The van der Waals surface area contributed by atoms with Crippen LogP contribution in [0.1, 0.15) is 24.1 Å². The number of rotatable bonds is 9. The van der Waals surface area contributed by atoms with Gasteiger partial charge in [0.1, 0.15) is 17.2 Å². The smallest absolute Gasteiger partial charge is 0.330 e. The molecule has 4 rings (SSSR count). The highest BCUT2D eigenvalue weighted by Gasteiger charge is 2.22. The van der Waals surface area contributed by atoms with Crippen LogP contribution in [0, 0.1) is 5.92 Å². The van der Waals surface area contributed by atoms with E-state index in [-0.39, 0.29) is 12.4 Å². The van der Waals surface area contributed by atoms with Crippen molar-refractivity contribution in [3.8, 4) is 17.2 Å². The van der Waals surface area contributed by atoms with Gasteiger partial charge in [0.15, 0.2) is 0 Å². The Hall–Kier alpha value is -2.90. The minimum Gasteiger partial charge on any atom is -0.494 e.